The molecule has 0 aliphatic heterocycles. The minimum Gasteiger partial charge on any atom is -0.493 e. The fraction of sp³-hybridized carbons (Fsp3) is 0.357. The molecular formula is C14H19NO4. The quantitative estimate of drug-likeness (QED) is 0.731. The number of hydrogen-bond donors (Lipinski definition) is 2. The number of carbonyl (C=O) groups is 1. The molecule has 1 aromatic rings. The topological polar surface area (TPSA) is 67.8 Å². The Balaban J connectivity index is 2.86. The van der Waals surface area contributed by atoms with Gasteiger partial charge in [0.05, 0.1) is 13.7 Å². The van der Waals surface area contributed by atoms with Gasteiger partial charge in [-0.2, -0.15) is 0 Å². The van der Waals surface area contributed by atoms with Gasteiger partial charge in [0.25, 0.3) is 5.91 Å². The Bertz CT molecular complexity index is 445. The van der Waals surface area contributed by atoms with Gasteiger partial charge in [-0.3, -0.25) is 4.79 Å². The molecule has 1 unspecified atom stereocenters. The summed E-state index contributed by atoms with van der Waals surface area (Å²) in [6.07, 6.45) is 1.63. The molecule has 1 amide bonds. The summed E-state index contributed by atoms with van der Waals surface area (Å²) in [5.41, 5.74) is 0.447. The predicted molar refractivity (Wildman–Crippen MR) is 72.7 cm³/mol. The zero-order valence-corrected chi connectivity index (χ0v) is 11.2. The Morgan fingerprint density at radius 1 is 1.53 bits per heavy atom. The molecule has 1 rings (SSSR count). The normalized spacial score (nSPS) is 11.5. The number of amides is 1. The number of methoxy groups -OCH3 is 1. The minimum atomic E-state index is -0.296. The van der Waals surface area contributed by atoms with E-state index in [1.165, 1.54) is 7.11 Å². The number of nitrogens with one attached hydrogen (secondary N) is 1. The van der Waals surface area contributed by atoms with Crippen molar-refractivity contribution in [3.8, 4) is 11.5 Å². The van der Waals surface area contributed by atoms with E-state index in [1.54, 1.807) is 31.2 Å². The van der Waals surface area contributed by atoms with E-state index in [-0.39, 0.29) is 18.6 Å². The second-order valence-corrected chi connectivity index (χ2v) is 4.02. The Kier molecular flexibility index (Phi) is 5.89. The van der Waals surface area contributed by atoms with Crippen LogP contribution < -0.4 is 14.8 Å². The van der Waals surface area contributed by atoms with E-state index in [1.807, 2.05) is 0 Å². The first-order chi connectivity index (χ1) is 9.12. The lowest BCUT2D eigenvalue weighted by atomic mass is 10.1. The van der Waals surface area contributed by atoms with Crippen LogP contribution in [0.4, 0.5) is 0 Å². The molecule has 0 spiro atoms. The number of rotatable bonds is 7. The van der Waals surface area contributed by atoms with E-state index in [0.717, 1.165) is 0 Å². The van der Waals surface area contributed by atoms with Crippen LogP contribution in [-0.4, -0.2) is 37.4 Å². The van der Waals surface area contributed by atoms with Crippen LogP contribution in [0.5, 0.6) is 11.5 Å². The molecule has 19 heavy (non-hydrogen) atoms. The second-order valence-electron chi connectivity index (χ2n) is 4.02. The molecule has 0 saturated heterocycles. The van der Waals surface area contributed by atoms with E-state index in [4.69, 9.17) is 14.6 Å². The van der Waals surface area contributed by atoms with Crippen LogP contribution in [-0.2, 0) is 0 Å². The van der Waals surface area contributed by atoms with Gasteiger partial charge in [0.15, 0.2) is 11.5 Å². The van der Waals surface area contributed by atoms with Crippen LogP contribution in [0.25, 0.3) is 0 Å². The van der Waals surface area contributed by atoms with Gasteiger partial charge in [-0.25, -0.2) is 0 Å². The highest BCUT2D eigenvalue weighted by Gasteiger charge is 2.12. The average molecular weight is 265 g/mol. The molecule has 1 atom stereocenters. The summed E-state index contributed by atoms with van der Waals surface area (Å²) in [4.78, 5) is 11.9. The lowest BCUT2D eigenvalue weighted by Crippen LogP contribution is -2.34. The van der Waals surface area contributed by atoms with Crippen molar-refractivity contribution in [2.75, 3.05) is 20.3 Å². The summed E-state index contributed by atoms with van der Waals surface area (Å²) in [5, 5.41) is 11.6. The molecule has 0 radical (unpaired) electrons. The number of aliphatic hydroxyl groups is 1. The number of aliphatic hydroxyl groups excluding tert-OH is 1. The van der Waals surface area contributed by atoms with Crippen LogP contribution in [0, 0.1) is 0 Å². The molecule has 2 N–H and O–H groups in total. The van der Waals surface area contributed by atoms with Crippen molar-refractivity contribution < 1.29 is 19.4 Å². The van der Waals surface area contributed by atoms with E-state index in [9.17, 15) is 4.79 Å². The molecule has 1 aromatic carbocycles. The highest BCUT2D eigenvalue weighted by molar-refractivity contribution is 5.95. The summed E-state index contributed by atoms with van der Waals surface area (Å²) < 4.78 is 10.6. The summed E-state index contributed by atoms with van der Waals surface area (Å²) in [7, 11) is 1.51. The molecule has 5 heteroatoms. The molecule has 0 aliphatic carbocycles. The van der Waals surface area contributed by atoms with Gasteiger partial charge in [-0.05, 0) is 25.1 Å². The number of hydrogen-bond acceptors (Lipinski definition) is 4. The number of ether oxygens (including phenoxy) is 2. The van der Waals surface area contributed by atoms with Gasteiger partial charge in [-0.1, -0.05) is 12.7 Å². The van der Waals surface area contributed by atoms with Crippen LogP contribution >= 0.6 is 0 Å². The monoisotopic (exact) mass is 265 g/mol. The first-order valence-corrected chi connectivity index (χ1v) is 5.95. The lowest BCUT2D eigenvalue weighted by molar-refractivity contribution is 0.0922. The van der Waals surface area contributed by atoms with Gasteiger partial charge >= 0.3 is 0 Å². The third-order valence-electron chi connectivity index (χ3n) is 2.43. The Morgan fingerprint density at radius 2 is 2.26 bits per heavy atom. The largest absolute Gasteiger partial charge is 0.493 e. The molecular weight excluding hydrogens is 246 g/mol. The van der Waals surface area contributed by atoms with Crippen molar-refractivity contribution in [2.45, 2.75) is 13.0 Å². The third kappa shape index (κ3) is 4.30. The summed E-state index contributed by atoms with van der Waals surface area (Å²) in [6.45, 7) is 5.54. The lowest BCUT2D eigenvalue weighted by Gasteiger charge is -2.13. The maximum absolute atomic E-state index is 11.9. The molecule has 0 fully saturated rings. The number of benzene rings is 1. The van der Waals surface area contributed by atoms with Crippen molar-refractivity contribution in [2.24, 2.45) is 0 Å². The minimum absolute atomic E-state index is 0.108. The van der Waals surface area contributed by atoms with Crippen molar-refractivity contribution in [3.63, 3.8) is 0 Å². The van der Waals surface area contributed by atoms with Crippen molar-refractivity contribution >= 4 is 5.91 Å². The molecule has 0 aromatic heterocycles. The number of carbonyl (C=O) groups excluding carboxylic acids is 1. The molecule has 0 saturated carbocycles. The third-order valence-corrected chi connectivity index (χ3v) is 2.43. The molecule has 5 nitrogen and oxygen atoms in total. The smallest absolute Gasteiger partial charge is 0.251 e. The fourth-order valence-corrected chi connectivity index (χ4v) is 1.43. The first kappa shape index (κ1) is 15.0. The highest BCUT2D eigenvalue weighted by atomic mass is 16.5. The molecule has 0 aliphatic rings. The zero-order valence-electron chi connectivity index (χ0n) is 11.2. The SMILES string of the molecule is C=CCOc1ccc(C(=O)NC(C)CO)cc1OC. The van der Waals surface area contributed by atoms with Crippen LogP contribution in [0.1, 0.15) is 17.3 Å². The summed E-state index contributed by atoms with van der Waals surface area (Å²) in [6, 6.07) is 4.61. The van der Waals surface area contributed by atoms with Gasteiger partial charge in [0, 0.05) is 11.6 Å². The van der Waals surface area contributed by atoms with Crippen molar-refractivity contribution in [1.29, 1.82) is 0 Å². The Labute approximate surface area is 112 Å². The first-order valence-electron chi connectivity index (χ1n) is 5.95. The van der Waals surface area contributed by atoms with Crippen molar-refractivity contribution in [3.05, 3.63) is 36.4 Å². The van der Waals surface area contributed by atoms with Crippen LogP contribution in [0.3, 0.4) is 0 Å². The van der Waals surface area contributed by atoms with Crippen LogP contribution in [0.15, 0.2) is 30.9 Å². The Morgan fingerprint density at radius 3 is 2.84 bits per heavy atom. The van der Waals surface area contributed by atoms with E-state index in [2.05, 4.69) is 11.9 Å². The van der Waals surface area contributed by atoms with Gasteiger partial charge in [0.1, 0.15) is 6.61 Å². The summed E-state index contributed by atoms with van der Waals surface area (Å²) >= 11 is 0. The average Bonchev–Trinajstić information content (AvgIpc) is 2.44. The summed E-state index contributed by atoms with van der Waals surface area (Å²) in [5.74, 6) is 0.760. The van der Waals surface area contributed by atoms with Crippen molar-refractivity contribution in [1.82, 2.24) is 5.32 Å². The fourth-order valence-electron chi connectivity index (χ4n) is 1.43. The van der Waals surface area contributed by atoms with E-state index >= 15 is 0 Å². The van der Waals surface area contributed by atoms with Gasteiger partial charge in [0.2, 0.25) is 0 Å². The van der Waals surface area contributed by atoms with E-state index < -0.39 is 0 Å². The Hall–Kier alpha value is -2.01. The van der Waals surface area contributed by atoms with Gasteiger partial charge < -0.3 is 19.9 Å². The maximum Gasteiger partial charge on any atom is 0.251 e. The molecule has 0 bridgehead atoms. The predicted octanol–water partition coefficient (Wildman–Crippen LogP) is 1.37. The maximum atomic E-state index is 11.9. The second kappa shape index (κ2) is 7.43. The van der Waals surface area contributed by atoms with Gasteiger partial charge in [-0.15, -0.1) is 0 Å². The molecule has 104 valence electrons. The highest BCUT2D eigenvalue weighted by Crippen LogP contribution is 2.28. The van der Waals surface area contributed by atoms with Crippen LogP contribution in [0.2, 0.25) is 0 Å². The standard InChI is InChI=1S/C14H19NO4/c1-4-7-19-12-6-5-11(8-13(12)18-3)14(17)15-10(2)9-16/h4-6,8,10,16H,1,7,9H2,2-3H3,(H,15,17). The molecule has 0 heterocycles. The van der Waals surface area contributed by atoms with E-state index in [0.29, 0.717) is 23.7 Å². The zero-order chi connectivity index (χ0) is 14.3.